The number of rotatable bonds is 7. The third kappa shape index (κ3) is 5.83. The van der Waals surface area contributed by atoms with Crippen LogP contribution >= 0.6 is 0 Å². The van der Waals surface area contributed by atoms with Crippen molar-refractivity contribution in [1.82, 2.24) is 10.2 Å². The minimum absolute atomic E-state index is 0.610. The summed E-state index contributed by atoms with van der Waals surface area (Å²) in [6.07, 6.45) is 5.14. The second-order valence-electron chi connectivity index (χ2n) is 5.16. The van der Waals surface area contributed by atoms with Crippen molar-refractivity contribution in [1.29, 1.82) is 0 Å². The van der Waals surface area contributed by atoms with Crippen LogP contribution in [-0.2, 0) is 4.74 Å². The van der Waals surface area contributed by atoms with Crippen LogP contribution in [0.4, 0.5) is 0 Å². The van der Waals surface area contributed by atoms with Crippen molar-refractivity contribution in [2.45, 2.75) is 51.6 Å². The highest BCUT2D eigenvalue weighted by molar-refractivity contribution is 4.79. The average Bonchev–Trinajstić information content (AvgIpc) is 2.24. The van der Waals surface area contributed by atoms with Crippen LogP contribution < -0.4 is 5.32 Å². The first-order valence-electron chi connectivity index (χ1n) is 6.69. The third-order valence-electron chi connectivity index (χ3n) is 3.15. The summed E-state index contributed by atoms with van der Waals surface area (Å²) in [6.45, 7) is 9.12. The van der Waals surface area contributed by atoms with E-state index in [0.29, 0.717) is 12.1 Å². The zero-order valence-corrected chi connectivity index (χ0v) is 11.2. The standard InChI is InChI=1S/C13H28N2O/c1-12(2)14-13-7-6-9-15(11-13)8-4-5-10-16-3/h12-14H,4-11H2,1-3H3. The van der Waals surface area contributed by atoms with Crippen molar-refractivity contribution in [2.75, 3.05) is 33.4 Å². The van der Waals surface area contributed by atoms with Gasteiger partial charge in [0.25, 0.3) is 0 Å². The molecule has 1 saturated heterocycles. The Morgan fingerprint density at radius 1 is 1.38 bits per heavy atom. The fraction of sp³-hybridized carbons (Fsp3) is 1.00. The van der Waals surface area contributed by atoms with Gasteiger partial charge in [-0.1, -0.05) is 13.8 Å². The monoisotopic (exact) mass is 228 g/mol. The highest BCUT2D eigenvalue weighted by Gasteiger charge is 2.19. The molecule has 1 atom stereocenters. The molecule has 1 aliphatic heterocycles. The van der Waals surface area contributed by atoms with Crippen molar-refractivity contribution >= 4 is 0 Å². The van der Waals surface area contributed by atoms with E-state index >= 15 is 0 Å². The van der Waals surface area contributed by atoms with Crippen LogP contribution in [0.3, 0.4) is 0 Å². The molecular weight excluding hydrogens is 200 g/mol. The lowest BCUT2D eigenvalue weighted by atomic mass is 10.0. The SMILES string of the molecule is COCCCCN1CCCC(NC(C)C)C1. The Morgan fingerprint density at radius 2 is 2.19 bits per heavy atom. The van der Waals surface area contributed by atoms with Crippen molar-refractivity contribution in [3.63, 3.8) is 0 Å². The Bertz CT molecular complexity index is 173. The van der Waals surface area contributed by atoms with E-state index in [1.807, 2.05) is 0 Å². The van der Waals surface area contributed by atoms with E-state index in [4.69, 9.17) is 4.74 Å². The molecule has 1 fully saturated rings. The first-order valence-corrected chi connectivity index (χ1v) is 6.69. The molecule has 0 bridgehead atoms. The summed E-state index contributed by atoms with van der Waals surface area (Å²) >= 11 is 0. The lowest BCUT2D eigenvalue weighted by molar-refractivity contribution is 0.163. The van der Waals surface area contributed by atoms with Gasteiger partial charge >= 0.3 is 0 Å². The molecule has 96 valence electrons. The zero-order valence-electron chi connectivity index (χ0n) is 11.2. The number of piperidine rings is 1. The van der Waals surface area contributed by atoms with Gasteiger partial charge in [0.1, 0.15) is 0 Å². The molecule has 1 heterocycles. The molecule has 0 amide bonds. The molecule has 0 aromatic carbocycles. The van der Waals surface area contributed by atoms with Crippen LogP contribution in [0.5, 0.6) is 0 Å². The van der Waals surface area contributed by atoms with Gasteiger partial charge in [-0.25, -0.2) is 0 Å². The van der Waals surface area contributed by atoms with E-state index in [1.54, 1.807) is 7.11 Å². The Kier molecular flexibility index (Phi) is 7.01. The molecular formula is C13H28N2O. The quantitative estimate of drug-likeness (QED) is 0.673. The van der Waals surface area contributed by atoms with Crippen LogP contribution in [0.2, 0.25) is 0 Å². The number of ether oxygens (including phenoxy) is 1. The lowest BCUT2D eigenvalue weighted by Gasteiger charge is -2.34. The Labute approximate surface area is 101 Å². The minimum atomic E-state index is 0.610. The van der Waals surface area contributed by atoms with E-state index in [9.17, 15) is 0 Å². The lowest BCUT2D eigenvalue weighted by Crippen LogP contribution is -2.47. The van der Waals surface area contributed by atoms with Crippen LogP contribution in [-0.4, -0.2) is 50.3 Å². The largest absolute Gasteiger partial charge is 0.385 e. The molecule has 0 aliphatic carbocycles. The normalized spacial score (nSPS) is 22.9. The molecule has 0 saturated carbocycles. The van der Waals surface area contributed by atoms with Gasteiger partial charge in [-0.2, -0.15) is 0 Å². The van der Waals surface area contributed by atoms with Gasteiger partial charge in [-0.3, -0.25) is 0 Å². The van der Waals surface area contributed by atoms with E-state index in [-0.39, 0.29) is 0 Å². The van der Waals surface area contributed by atoms with Gasteiger partial charge in [-0.05, 0) is 38.8 Å². The molecule has 1 N–H and O–H groups in total. The van der Waals surface area contributed by atoms with Gasteiger partial charge in [0.05, 0.1) is 0 Å². The molecule has 16 heavy (non-hydrogen) atoms. The maximum absolute atomic E-state index is 5.07. The van der Waals surface area contributed by atoms with Crippen LogP contribution in [0.15, 0.2) is 0 Å². The fourth-order valence-corrected chi connectivity index (χ4v) is 2.45. The van der Waals surface area contributed by atoms with E-state index < -0.39 is 0 Å². The summed E-state index contributed by atoms with van der Waals surface area (Å²) in [5.74, 6) is 0. The molecule has 0 aromatic rings. The van der Waals surface area contributed by atoms with Gasteiger partial charge in [0.15, 0.2) is 0 Å². The summed E-state index contributed by atoms with van der Waals surface area (Å²) in [5, 5.41) is 3.65. The molecule has 0 aromatic heterocycles. The predicted molar refractivity (Wildman–Crippen MR) is 68.8 cm³/mol. The van der Waals surface area contributed by atoms with E-state index in [0.717, 1.165) is 6.61 Å². The number of unbranched alkanes of at least 4 members (excludes halogenated alkanes) is 1. The molecule has 0 radical (unpaired) electrons. The number of nitrogens with one attached hydrogen (secondary N) is 1. The van der Waals surface area contributed by atoms with Gasteiger partial charge in [0, 0.05) is 32.3 Å². The summed E-state index contributed by atoms with van der Waals surface area (Å²) in [4.78, 5) is 2.60. The van der Waals surface area contributed by atoms with Crippen molar-refractivity contribution in [2.24, 2.45) is 0 Å². The zero-order chi connectivity index (χ0) is 11.8. The van der Waals surface area contributed by atoms with Crippen LogP contribution in [0.1, 0.15) is 39.5 Å². The summed E-state index contributed by atoms with van der Waals surface area (Å²) in [5.41, 5.74) is 0. The minimum Gasteiger partial charge on any atom is -0.385 e. The Hall–Kier alpha value is -0.120. The fourth-order valence-electron chi connectivity index (χ4n) is 2.45. The third-order valence-corrected chi connectivity index (χ3v) is 3.15. The molecule has 1 aliphatic rings. The topological polar surface area (TPSA) is 24.5 Å². The van der Waals surface area contributed by atoms with E-state index in [1.165, 1.54) is 45.3 Å². The van der Waals surface area contributed by atoms with Crippen molar-refractivity contribution in [3.05, 3.63) is 0 Å². The highest BCUT2D eigenvalue weighted by atomic mass is 16.5. The van der Waals surface area contributed by atoms with Gasteiger partial charge in [-0.15, -0.1) is 0 Å². The number of nitrogens with zero attached hydrogens (tertiary/aromatic N) is 1. The number of hydrogen-bond acceptors (Lipinski definition) is 3. The predicted octanol–water partition coefficient (Wildman–Crippen LogP) is 1.88. The Balaban J connectivity index is 2.12. The molecule has 1 unspecified atom stereocenters. The molecule has 3 nitrogen and oxygen atoms in total. The number of methoxy groups -OCH3 is 1. The van der Waals surface area contributed by atoms with Gasteiger partial charge in [0.2, 0.25) is 0 Å². The van der Waals surface area contributed by atoms with E-state index in [2.05, 4.69) is 24.1 Å². The first kappa shape index (κ1) is 13.9. The maximum atomic E-state index is 5.07. The maximum Gasteiger partial charge on any atom is 0.0462 e. The average molecular weight is 228 g/mol. The molecule has 3 heteroatoms. The van der Waals surface area contributed by atoms with Gasteiger partial charge < -0.3 is 15.0 Å². The van der Waals surface area contributed by atoms with Crippen LogP contribution in [0, 0.1) is 0 Å². The van der Waals surface area contributed by atoms with Crippen molar-refractivity contribution in [3.8, 4) is 0 Å². The van der Waals surface area contributed by atoms with Crippen molar-refractivity contribution < 1.29 is 4.74 Å². The smallest absolute Gasteiger partial charge is 0.0462 e. The second kappa shape index (κ2) is 8.04. The Morgan fingerprint density at radius 3 is 2.88 bits per heavy atom. The molecule has 0 spiro atoms. The highest BCUT2D eigenvalue weighted by Crippen LogP contribution is 2.11. The summed E-state index contributed by atoms with van der Waals surface area (Å²) in [6, 6.07) is 1.31. The number of hydrogen-bond donors (Lipinski definition) is 1. The second-order valence-corrected chi connectivity index (χ2v) is 5.16. The first-order chi connectivity index (χ1) is 7.72. The summed E-state index contributed by atoms with van der Waals surface area (Å²) in [7, 11) is 1.78. The molecule has 1 rings (SSSR count). The summed E-state index contributed by atoms with van der Waals surface area (Å²) < 4.78 is 5.07. The van der Waals surface area contributed by atoms with Crippen LogP contribution in [0.25, 0.3) is 0 Å². The number of likely N-dealkylation sites (tertiary alicyclic amines) is 1.